The fraction of sp³-hybridized carbons (Fsp3) is 0.579. The number of fused-ring (bicyclic) bond motifs is 1. The summed E-state index contributed by atoms with van der Waals surface area (Å²) < 4.78 is 27.7. The Bertz CT molecular complexity index is 831. The number of rotatable bonds is 5. The van der Waals surface area contributed by atoms with Gasteiger partial charge in [-0.25, -0.2) is 13.1 Å². The Morgan fingerprint density at radius 1 is 1.19 bits per heavy atom. The fourth-order valence-electron chi connectivity index (χ4n) is 3.93. The fourth-order valence-corrected chi connectivity index (χ4v) is 5.01. The third-order valence-corrected chi connectivity index (χ3v) is 6.71. The maximum Gasteiger partial charge on any atom is 0.240 e. The smallest absolute Gasteiger partial charge is 0.240 e. The van der Waals surface area contributed by atoms with E-state index in [9.17, 15) is 18.0 Å². The molecule has 3 rings (SSSR count). The van der Waals surface area contributed by atoms with Gasteiger partial charge in [0.1, 0.15) is 0 Å². The van der Waals surface area contributed by atoms with Gasteiger partial charge in [-0.15, -0.1) is 0 Å². The molecule has 1 aromatic rings. The number of carbonyl (C=O) groups is 2. The van der Waals surface area contributed by atoms with Crippen molar-refractivity contribution < 1.29 is 18.0 Å². The van der Waals surface area contributed by atoms with Crippen LogP contribution in [0.25, 0.3) is 0 Å². The zero-order chi connectivity index (χ0) is 19.6. The molecule has 0 aliphatic carbocycles. The minimum atomic E-state index is -3.69. The highest BCUT2D eigenvalue weighted by Crippen LogP contribution is 2.33. The summed E-state index contributed by atoms with van der Waals surface area (Å²) in [6.45, 7) is 5.07. The van der Waals surface area contributed by atoms with Crippen LogP contribution in [-0.4, -0.2) is 50.8 Å². The van der Waals surface area contributed by atoms with E-state index >= 15 is 0 Å². The van der Waals surface area contributed by atoms with Crippen LogP contribution in [0.15, 0.2) is 23.1 Å². The summed E-state index contributed by atoms with van der Waals surface area (Å²) in [6, 6.07) is 4.85. The van der Waals surface area contributed by atoms with Crippen LogP contribution in [0.2, 0.25) is 0 Å². The van der Waals surface area contributed by atoms with Gasteiger partial charge in [-0.05, 0) is 56.4 Å². The lowest BCUT2D eigenvalue weighted by Crippen LogP contribution is -2.37. The summed E-state index contributed by atoms with van der Waals surface area (Å²) in [5, 5.41) is 0. The monoisotopic (exact) mass is 393 g/mol. The van der Waals surface area contributed by atoms with Crippen molar-refractivity contribution in [1.82, 2.24) is 9.62 Å². The van der Waals surface area contributed by atoms with E-state index in [1.54, 1.807) is 17.0 Å². The molecule has 148 valence electrons. The lowest BCUT2D eigenvalue weighted by molar-refractivity contribution is -0.131. The summed E-state index contributed by atoms with van der Waals surface area (Å²) >= 11 is 0. The van der Waals surface area contributed by atoms with E-state index in [2.05, 4.69) is 4.72 Å². The van der Waals surface area contributed by atoms with Crippen LogP contribution in [0.4, 0.5) is 5.69 Å². The molecule has 0 radical (unpaired) electrons. The number of hydrogen-bond acceptors (Lipinski definition) is 4. The predicted octanol–water partition coefficient (Wildman–Crippen LogP) is 1.66. The zero-order valence-electron chi connectivity index (χ0n) is 15.9. The molecular formula is C19H27N3O4S. The van der Waals surface area contributed by atoms with Crippen molar-refractivity contribution in [1.29, 1.82) is 0 Å². The van der Waals surface area contributed by atoms with E-state index in [1.165, 1.54) is 13.0 Å². The summed E-state index contributed by atoms with van der Waals surface area (Å²) in [7, 11) is -3.69. The normalized spacial score (nSPS) is 19.9. The first kappa shape index (κ1) is 19.8. The van der Waals surface area contributed by atoms with Crippen LogP contribution in [0.1, 0.15) is 45.1 Å². The average molecular weight is 394 g/mol. The molecule has 1 fully saturated rings. The maximum absolute atomic E-state index is 12.6. The zero-order valence-corrected chi connectivity index (χ0v) is 16.7. The van der Waals surface area contributed by atoms with Crippen molar-refractivity contribution in [2.45, 2.75) is 56.9 Å². The second kappa shape index (κ2) is 7.98. The van der Waals surface area contributed by atoms with Crippen molar-refractivity contribution in [3.8, 4) is 0 Å². The molecule has 1 unspecified atom stereocenters. The molecular weight excluding hydrogens is 366 g/mol. The largest absolute Gasteiger partial charge is 0.343 e. The number of likely N-dealkylation sites (tertiary alicyclic amines) is 1. The van der Waals surface area contributed by atoms with Crippen LogP contribution in [0.5, 0.6) is 0 Å². The maximum atomic E-state index is 12.6. The second-order valence-corrected chi connectivity index (χ2v) is 9.09. The van der Waals surface area contributed by atoms with Gasteiger partial charge >= 0.3 is 0 Å². The van der Waals surface area contributed by atoms with E-state index in [0.717, 1.165) is 43.6 Å². The molecule has 0 bridgehead atoms. The summed E-state index contributed by atoms with van der Waals surface area (Å²) in [5.41, 5.74) is 1.62. The van der Waals surface area contributed by atoms with Gasteiger partial charge in [-0.2, -0.15) is 0 Å². The van der Waals surface area contributed by atoms with Crippen molar-refractivity contribution in [3.05, 3.63) is 23.8 Å². The Kier molecular flexibility index (Phi) is 5.86. The first-order chi connectivity index (χ1) is 12.8. The molecule has 0 spiro atoms. The molecule has 1 atom stereocenters. The van der Waals surface area contributed by atoms with Crippen molar-refractivity contribution in [2.75, 3.05) is 24.5 Å². The molecule has 8 heteroatoms. The van der Waals surface area contributed by atoms with Gasteiger partial charge in [0.15, 0.2) is 0 Å². The highest BCUT2D eigenvalue weighted by molar-refractivity contribution is 7.89. The van der Waals surface area contributed by atoms with Crippen molar-refractivity contribution in [3.63, 3.8) is 0 Å². The molecule has 2 amide bonds. The molecule has 7 nitrogen and oxygen atoms in total. The number of benzene rings is 1. The number of piperidine rings is 1. The number of sulfonamides is 1. The lowest BCUT2D eigenvalue weighted by atomic mass is 10.1. The van der Waals surface area contributed by atoms with Crippen molar-refractivity contribution in [2.24, 2.45) is 0 Å². The quantitative estimate of drug-likeness (QED) is 0.824. The number of anilines is 1. The molecule has 27 heavy (non-hydrogen) atoms. The minimum Gasteiger partial charge on any atom is -0.343 e. The molecule has 2 heterocycles. The SMILES string of the molecule is CC(=O)N1c2ccc(S(=O)(=O)NCCC(=O)N3CCCCC3)cc2CC1C. The molecule has 1 saturated heterocycles. The van der Waals surface area contributed by atoms with E-state index in [0.29, 0.717) is 6.42 Å². The summed E-state index contributed by atoms with van der Waals surface area (Å²) in [6.07, 6.45) is 3.98. The molecule has 0 aromatic heterocycles. The first-order valence-electron chi connectivity index (χ1n) is 9.50. The number of amides is 2. The van der Waals surface area contributed by atoms with Crippen LogP contribution in [0.3, 0.4) is 0 Å². The van der Waals surface area contributed by atoms with E-state index in [1.807, 2.05) is 11.8 Å². The summed E-state index contributed by atoms with van der Waals surface area (Å²) in [5.74, 6) is -0.0523. The first-order valence-corrected chi connectivity index (χ1v) is 11.0. The highest BCUT2D eigenvalue weighted by Gasteiger charge is 2.30. The van der Waals surface area contributed by atoms with E-state index < -0.39 is 10.0 Å². The van der Waals surface area contributed by atoms with Gasteiger partial charge in [0.05, 0.1) is 4.90 Å². The predicted molar refractivity (Wildman–Crippen MR) is 103 cm³/mol. The second-order valence-electron chi connectivity index (χ2n) is 7.32. The minimum absolute atomic E-state index is 0.00252. The van der Waals surface area contributed by atoms with Gasteiger partial charge in [0, 0.05) is 44.7 Å². The van der Waals surface area contributed by atoms with Gasteiger partial charge < -0.3 is 9.80 Å². The van der Waals surface area contributed by atoms with E-state index in [4.69, 9.17) is 0 Å². The number of nitrogens with zero attached hydrogens (tertiary/aromatic N) is 2. The highest BCUT2D eigenvalue weighted by atomic mass is 32.2. The Morgan fingerprint density at radius 2 is 1.89 bits per heavy atom. The van der Waals surface area contributed by atoms with Gasteiger partial charge in [0.25, 0.3) is 0 Å². The Morgan fingerprint density at radius 3 is 2.56 bits per heavy atom. The summed E-state index contributed by atoms with van der Waals surface area (Å²) in [4.78, 5) is 27.6. The molecule has 1 N–H and O–H groups in total. The van der Waals surface area contributed by atoms with Crippen molar-refractivity contribution >= 4 is 27.5 Å². The van der Waals surface area contributed by atoms with Gasteiger partial charge in [-0.1, -0.05) is 0 Å². The molecule has 1 aromatic carbocycles. The number of carbonyl (C=O) groups excluding carboxylic acids is 2. The Labute approximate surface area is 160 Å². The Hall–Kier alpha value is -1.93. The van der Waals surface area contributed by atoms with Gasteiger partial charge in [0.2, 0.25) is 21.8 Å². The van der Waals surface area contributed by atoms with Crippen LogP contribution in [-0.2, 0) is 26.0 Å². The molecule has 0 saturated carbocycles. The lowest BCUT2D eigenvalue weighted by Gasteiger charge is -2.26. The van der Waals surface area contributed by atoms with Crippen LogP contribution in [0, 0.1) is 0 Å². The van der Waals surface area contributed by atoms with Crippen LogP contribution < -0.4 is 9.62 Å². The molecule has 2 aliphatic rings. The third-order valence-electron chi connectivity index (χ3n) is 5.26. The van der Waals surface area contributed by atoms with E-state index in [-0.39, 0.29) is 35.7 Å². The number of hydrogen-bond donors (Lipinski definition) is 1. The average Bonchev–Trinajstić information content (AvgIpc) is 2.97. The topological polar surface area (TPSA) is 86.8 Å². The standard InChI is InChI=1S/C19H27N3O4S/c1-14-12-16-13-17(6-7-18(16)22(14)15(2)23)27(25,26)20-9-8-19(24)21-10-4-3-5-11-21/h6-7,13-14,20H,3-5,8-12H2,1-2H3. The number of nitrogens with one attached hydrogen (secondary N) is 1. The Balaban J connectivity index is 1.63. The van der Waals surface area contributed by atoms with Gasteiger partial charge in [-0.3, -0.25) is 9.59 Å². The van der Waals surface area contributed by atoms with Crippen LogP contribution >= 0.6 is 0 Å². The molecule has 2 aliphatic heterocycles. The third kappa shape index (κ3) is 4.32.